The third kappa shape index (κ3) is 4.71. The first-order valence-electron chi connectivity index (χ1n) is 9.45. The molecule has 0 aromatic heterocycles. The van der Waals surface area contributed by atoms with Crippen molar-refractivity contribution < 1.29 is 22.7 Å². The van der Waals surface area contributed by atoms with E-state index in [1.165, 1.54) is 11.4 Å². The number of piperidine rings is 1. The standard InChI is InChI=1S/C21H26N2O5S/c1-15-4-5-16(14-20(15)28-3)21(24)22-17-10-12-23(13-11-17)29(25,26)19-8-6-18(27-2)7-9-19/h4-9,14,17H,10-13H2,1-3H3,(H,22,24). The number of aryl methyl sites for hydroxylation is 1. The molecule has 1 fully saturated rings. The van der Waals surface area contributed by atoms with Crippen LogP contribution in [0, 0.1) is 6.92 Å². The van der Waals surface area contributed by atoms with E-state index in [-0.39, 0.29) is 16.8 Å². The Hall–Kier alpha value is -2.58. The summed E-state index contributed by atoms with van der Waals surface area (Å²) in [6.07, 6.45) is 1.12. The number of sulfonamides is 1. The summed E-state index contributed by atoms with van der Waals surface area (Å²) in [4.78, 5) is 12.8. The van der Waals surface area contributed by atoms with Crippen LogP contribution >= 0.6 is 0 Å². The summed E-state index contributed by atoms with van der Waals surface area (Å²) in [7, 11) is -0.447. The Kier molecular flexibility index (Phi) is 6.44. The first-order chi connectivity index (χ1) is 13.8. The lowest BCUT2D eigenvalue weighted by atomic mass is 10.1. The van der Waals surface area contributed by atoms with Gasteiger partial charge in [-0.3, -0.25) is 4.79 Å². The SMILES string of the molecule is COc1ccc(S(=O)(=O)N2CCC(NC(=O)c3ccc(C)c(OC)c3)CC2)cc1. The fourth-order valence-corrected chi connectivity index (χ4v) is 4.84. The molecule has 7 nitrogen and oxygen atoms in total. The Morgan fingerprint density at radius 3 is 2.28 bits per heavy atom. The van der Waals surface area contributed by atoms with E-state index in [4.69, 9.17) is 9.47 Å². The molecule has 8 heteroatoms. The Balaban J connectivity index is 1.60. The number of nitrogens with zero attached hydrogens (tertiary/aromatic N) is 1. The second-order valence-corrected chi connectivity index (χ2v) is 8.95. The number of amides is 1. The molecule has 2 aromatic rings. The van der Waals surface area contributed by atoms with E-state index in [2.05, 4.69) is 5.32 Å². The Morgan fingerprint density at radius 1 is 1.03 bits per heavy atom. The maximum atomic E-state index is 12.8. The normalized spacial score (nSPS) is 15.7. The minimum absolute atomic E-state index is 0.0721. The van der Waals surface area contributed by atoms with Crippen LogP contribution in [-0.2, 0) is 10.0 Å². The molecule has 0 unspecified atom stereocenters. The minimum atomic E-state index is -3.56. The van der Waals surface area contributed by atoms with E-state index < -0.39 is 10.0 Å². The topological polar surface area (TPSA) is 84.9 Å². The van der Waals surface area contributed by atoms with Gasteiger partial charge in [0, 0.05) is 24.7 Å². The molecule has 1 aliphatic rings. The molecule has 156 valence electrons. The molecule has 1 aliphatic heterocycles. The molecular weight excluding hydrogens is 392 g/mol. The van der Waals surface area contributed by atoms with Gasteiger partial charge in [-0.15, -0.1) is 0 Å². The van der Waals surface area contributed by atoms with E-state index in [1.807, 2.05) is 13.0 Å². The van der Waals surface area contributed by atoms with E-state index >= 15 is 0 Å². The molecule has 0 saturated carbocycles. The molecule has 1 amide bonds. The van der Waals surface area contributed by atoms with Crippen LogP contribution in [0.15, 0.2) is 47.4 Å². The van der Waals surface area contributed by atoms with Crippen molar-refractivity contribution in [2.24, 2.45) is 0 Å². The number of hydrogen-bond donors (Lipinski definition) is 1. The molecule has 1 saturated heterocycles. The summed E-state index contributed by atoms with van der Waals surface area (Å²) >= 11 is 0. The van der Waals surface area contributed by atoms with Gasteiger partial charge in [0.2, 0.25) is 10.0 Å². The molecule has 0 atom stereocenters. The number of rotatable bonds is 6. The molecule has 3 rings (SSSR count). The predicted octanol–water partition coefficient (Wildman–Crippen LogP) is 2.60. The van der Waals surface area contributed by atoms with Crippen LogP contribution in [0.2, 0.25) is 0 Å². The summed E-state index contributed by atoms with van der Waals surface area (Å²) in [5, 5.41) is 3.00. The number of hydrogen-bond acceptors (Lipinski definition) is 5. The summed E-state index contributed by atoms with van der Waals surface area (Å²) in [5.74, 6) is 1.09. The van der Waals surface area contributed by atoms with E-state index in [9.17, 15) is 13.2 Å². The molecule has 2 aromatic carbocycles. The van der Waals surface area contributed by atoms with Gasteiger partial charge < -0.3 is 14.8 Å². The predicted molar refractivity (Wildman–Crippen MR) is 110 cm³/mol. The molecular formula is C21H26N2O5S. The number of carbonyl (C=O) groups excluding carboxylic acids is 1. The van der Waals surface area contributed by atoms with Crippen LogP contribution in [0.1, 0.15) is 28.8 Å². The first-order valence-corrected chi connectivity index (χ1v) is 10.9. The highest BCUT2D eigenvalue weighted by molar-refractivity contribution is 7.89. The molecule has 0 radical (unpaired) electrons. The van der Waals surface area contributed by atoms with Crippen molar-refractivity contribution in [2.45, 2.75) is 30.7 Å². The molecule has 0 spiro atoms. The zero-order chi connectivity index (χ0) is 21.0. The van der Waals surface area contributed by atoms with Gasteiger partial charge in [0.15, 0.2) is 0 Å². The van der Waals surface area contributed by atoms with E-state index in [1.54, 1.807) is 43.5 Å². The van der Waals surface area contributed by atoms with Crippen LogP contribution in [0.3, 0.4) is 0 Å². The van der Waals surface area contributed by atoms with Crippen molar-refractivity contribution in [3.05, 3.63) is 53.6 Å². The largest absolute Gasteiger partial charge is 0.497 e. The molecule has 1 heterocycles. The summed E-state index contributed by atoms with van der Waals surface area (Å²) in [5.41, 5.74) is 1.49. The highest BCUT2D eigenvalue weighted by atomic mass is 32.2. The summed E-state index contributed by atoms with van der Waals surface area (Å²) in [6, 6.07) is 11.6. The number of nitrogens with one attached hydrogen (secondary N) is 1. The average Bonchev–Trinajstić information content (AvgIpc) is 2.74. The van der Waals surface area contributed by atoms with Crippen LogP contribution < -0.4 is 14.8 Å². The number of carbonyl (C=O) groups is 1. The quantitative estimate of drug-likeness (QED) is 0.779. The highest BCUT2D eigenvalue weighted by Crippen LogP contribution is 2.23. The second-order valence-electron chi connectivity index (χ2n) is 7.01. The zero-order valence-electron chi connectivity index (χ0n) is 16.8. The molecule has 0 aliphatic carbocycles. The summed E-state index contributed by atoms with van der Waals surface area (Å²) < 4.78 is 37.5. The van der Waals surface area contributed by atoms with Gasteiger partial charge in [0.05, 0.1) is 19.1 Å². The van der Waals surface area contributed by atoms with Crippen molar-refractivity contribution in [1.82, 2.24) is 9.62 Å². The third-order valence-electron chi connectivity index (χ3n) is 5.16. The number of methoxy groups -OCH3 is 2. The van der Waals surface area contributed by atoms with Crippen LogP contribution in [0.4, 0.5) is 0 Å². The summed E-state index contributed by atoms with van der Waals surface area (Å²) in [6.45, 7) is 2.63. The lowest BCUT2D eigenvalue weighted by Gasteiger charge is -2.31. The Morgan fingerprint density at radius 2 is 1.69 bits per heavy atom. The van der Waals surface area contributed by atoms with Gasteiger partial charge in [0.1, 0.15) is 11.5 Å². The molecule has 0 bridgehead atoms. The van der Waals surface area contributed by atoms with Gasteiger partial charge in [-0.2, -0.15) is 4.31 Å². The van der Waals surface area contributed by atoms with Crippen molar-refractivity contribution in [1.29, 1.82) is 0 Å². The van der Waals surface area contributed by atoms with Gasteiger partial charge in [-0.1, -0.05) is 6.07 Å². The Labute approximate surface area is 171 Å². The van der Waals surface area contributed by atoms with Crippen LogP contribution in [0.25, 0.3) is 0 Å². The Bertz CT molecular complexity index is 965. The minimum Gasteiger partial charge on any atom is -0.497 e. The smallest absolute Gasteiger partial charge is 0.251 e. The van der Waals surface area contributed by atoms with Crippen LogP contribution in [0.5, 0.6) is 11.5 Å². The highest BCUT2D eigenvalue weighted by Gasteiger charge is 2.30. The maximum Gasteiger partial charge on any atom is 0.251 e. The van der Waals surface area contributed by atoms with Gasteiger partial charge >= 0.3 is 0 Å². The van der Waals surface area contributed by atoms with E-state index in [0.29, 0.717) is 43.0 Å². The second kappa shape index (κ2) is 8.84. The van der Waals surface area contributed by atoms with Crippen molar-refractivity contribution in [3.63, 3.8) is 0 Å². The number of benzene rings is 2. The lowest BCUT2D eigenvalue weighted by molar-refractivity contribution is 0.0923. The average molecular weight is 419 g/mol. The van der Waals surface area contributed by atoms with E-state index in [0.717, 1.165) is 5.56 Å². The van der Waals surface area contributed by atoms with Crippen molar-refractivity contribution in [2.75, 3.05) is 27.3 Å². The third-order valence-corrected chi connectivity index (χ3v) is 7.07. The fraction of sp³-hybridized carbons (Fsp3) is 0.381. The van der Waals surface area contributed by atoms with Crippen molar-refractivity contribution in [3.8, 4) is 11.5 Å². The van der Waals surface area contributed by atoms with Gasteiger partial charge in [-0.25, -0.2) is 8.42 Å². The zero-order valence-corrected chi connectivity index (χ0v) is 17.7. The molecule has 1 N–H and O–H groups in total. The van der Waals surface area contributed by atoms with Crippen molar-refractivity contribution >= 4 is 15.9 Å². The van der Waals surface area contributed by atoms with Gasteiger partial charge in [-0.05, 0) is 61.7 Å². The molecule has 29 heavy (non-hydrogen) atoms. The van der Waals surface area contributed by atoms with Gasteiger partial charge in [0.25, 0.3) is 5.91 Å². The lowest BCUT2D eigenvalue weighted by Crippen LogP contribution is -2.46. The maximum absolute atomic E-state index is 12.8. The number of ether oxygens (including phenoxy) is 2. The van der Waals surface area contributed by atoms with Crippen LogP contribution in [-0.4, -0.2) is 52.0 Å². The monoisotopic (exact) mass is 418 g/mol. The first kappa shape index (κ1) is 21.1. The fourth-order valence-electron chi connectivity index (χ4n) is 3.37.